The van der Waals surface area contributed by atoms with Gasteiger partial charge in [0.15, 0.2) is 23.0 Å². The minimum Gasteiger partial charge on any atom is -0.504 e. The normalized spacial score (nSPS) is 18.5. The van der Waals surface area contributed by atoms with Crippen LogP contribution in [0.15, 0.2) is 30.3 Å². The zero-order chi connectivity index (χ0) is 20.4. The molecule has 2 N–H and O–H groups in total. The van der Waals surface area contributed by atoms with Gasteiger partial charge >= 0.3 is 0 Å². The van der Waals surface area contributed by atoms with Gasteiger partial charge in [-0.2, -0.15) is 0 Å². The van der Waals surface area contributed by atoms with Gasteiger partial charge in [-0.1, -0.05) is 6.07 Å². The van der Waals surface area contributed by atoms with Gasteiger partial charge in [-0.05, 0) is 17.7 Å². The van der Waals surface area contributed by atoms with E-state index in [2.05, 4.69) is 0 Å². The van der Waals surface area contributed by atoms with Crippen molar-refractivity contribution in [3.8, 4) is 28.7 Å². The number of methoxy groups -OCH3 is 4. The lowest BCUT2D eigenvalue weighted by molar-refractivity contribution is -0.132. The first-order chi connectivity index (χ1) is 13.5. The summed E-state index contributed by atoms with van der Waals surface area (Å²) in [5.41, 5.74) is 1.20. The molecule has 0 spiro atoms. The number of nitrogens with zero attached hydrogens (tertiary/aromatic N) is 1. The number of benzene rings is 2. The molecule has 2 atom stereocenters. The first-order valence-corrected chi connectivity index (χ1v) is 8.61. The lowest BCUT2D eigenvalue weighted by atomic mass is 9.82. The van der Waals surface area contributed by atoms with E-state index in [1.54, 1.807) is 24.3 Å². The number of anilines is 1. The number of hydrogen-bond acceptors (Lipinski definition) is 7. The van der Waals surface area contributed by atoms with Crippen LogP contribution in [0.3, 0.4) is 0 Å². The highest BCUT2D eigenvalue weighted by Crippen LogP contribution is 2.49. The van der Waals surface area contributed by atoms with E-state index in [1.165, 1.54) is 39.4 Å². The SMILES string of the molecule is COc1ccc([C@H]2C(CO)C(=O)N2c2cc(OC)c(OC)c(OC)c2)cc1O. The molecule has 3 rings (SSSR count). The fraction of sp³-hybridized carbons (Fsp3) is 0.350. The highest BCUT2D eigenvalue weighted by molar-refractivity contribution is 6.03. The van der Waals surface area contributed by atoms with Crippen LogP contribution >= 0.6 is 0 Å². The Labute approximate surface area is 162 Å². The quantitative estimate of drug-likeness (QED) is 0.700. The molecule has 1 aliphatic rings. The zero-order valence-corrected chi connectivity index (χ0v) is 16.1. The second-order valence-electron chi connectivity index (χ2n) is 6.26. The first kappa shape index (κ1) is 19.6. The van der Waals surface area contributed by atoms with Crippen LogP contribution in [0.1, 0.15) is 11.6 Å². The number of carbonyl (C=O) groups is 1. The fourth-order valence-electron chi connectivity index (χ4n) is 3.49. The Balaban J connectivity index is 2.07. The minimum absolute atomic E-state index is 0.0409. The molecule has 0 aliphatic carbocycles. The summed E-state index contributed by atoms with van der Waals surface area (Å²) in [6.45, 7) is -0.308. The molecule has 1 amide bonds. The largest absolute Gasteiger partial charge is 0.504 e. The van der Waals surface area contributed by atoms with Gasteiger partial charge in [0.25, 0.3) is 0 Å². The molecule has 0 radical (unpaired) electrons. The van der Waals surface area contributed by atoms with Crippen LogP contribution in [0, 0.1) is 5.92 Å². The van der Waals surface area contributed by atoms with E-state index in [4.69, 9.17) is 18.9 Å². The van der Waals surface area contributed by atoms with Gasteiger partial charge in [-0.15, -0.1) is 0 Å². The molecule has 1 aliphatic heterocycles. The maximum Gasteiger partial charge on any atom is 0.235 e. The summed E-state index contributed by atoms with van der Waals surface area (Å²) in [5.74, 6) is 0.667. The Bertz CT molecular complexity index is 858. The van der Waals surface area contributed by atoms with Gasteiger partial charge in [0.1, 0.15) is 0 Å². The zero-order valence-electron chi connectivity index (χ0n) is 16.1. The molecule has 28 heavy (non-hydrogen) atoms. The number of aromatic hydroxyl groups is 1. The summed E-state index contributed by atoms with van der Waals surface area (Å²) in [7, 11) is 5.95. The maximum atomic E-state index is 12.7. The average Bonchev–Trinajstić information content (AvgIpc) is 2.71. The molecule has 150 valence electrons. The standard InChI is InChI=1S/C20H23NO7/c1-25-15-6-5-11(7-14(15)23)18-13(10-22)20(24)21(18)12-8-16(26-2)19(28-4)17(9-12)27-3/h5-9,13,18,22-23H,10H2,1-4H3/t13?,18-/m0/s1. The number of phenols is 1. The van der Waals surface area contributed by atoms with Crippen molar-refractivity contribution >= 4 is 11.6 Å². The first-order valence-electron chi connectivity index (χ1n) is 8.61. The van der Waals surface area contributed by atoms with E-state index >= 15 is 0 Å². The molecule has 1 saturated heterocycles. The third-order valence-electron chi connectivity index (χ3n) is 4.88. The minimum atomic E-state index is -0.619. The number of amides is 1. The topological polar surface area (TPSA) is 97.7 Å². The predicted octanol–water partition coefficient (Wildman–Crippen LogP) is 2.12. The number of ether oxygens (including phenoxy) is 4. The lowest BCUT2D eigenvalue weighted by Crippen LogP contribution is -2.56. The smallest absolute Gasteiger partial charge is 0.235 e. The molecule has 0 saturated carbocycles. The van der Waals surface area contributed by atoms with Crippen molar-refractivity contribution in [3.05, 3.63) is 35.9 Å². The number of hydrogen-bond donors (Lipinski definition) is 2. The van der Waals surface area contributed by atoms with Crippen molar-refractivity contribution < 1.29 is 34.0 Å². The summed E-state index contributed by atoms with van der Waals surface area (Å²) in [4.78, 5) is 14.2. The molecule has 1 heterocycles. The molecular formula is C20H23NO7. The average molecular weight is 389 g/mol. The van der Waals surface area contributed by atoms with E-state index in [0.29, 0.717) is 34.2 Å². The summed E-state index contributed by atoms with van der Waals surface area (Å²) in [6.07, 6.45) is 0. The van der Waals surface area contributed by atoms with Crippen LogP contribution in [-0.2, 0) is 4.79 Å². The molecule has 8 nitrogen and oxygen atoms in total. The monoisotopic (exact) mass is 389 g/mol. The van der Waals surface area contributed by atoms with Crippen molar-refractivity contribution in [3.63, 3.8) is 0 Å². The fourth-order valence-corrected chi connectivity index (χ4v) is 3.49. The van der Waals surface area contributed by atoms with Crippen LogP contribution in [0.25, 0.3) is 0 Å². The van der Waals surface area contributed by atoms with Crippen molar-refractivity contribution in [1.29, 1.82) is 0 Å². The Kier molecular flexibility index (Phi) is 5.51. The van der Waals surface area contributed by atoms with Crippen molar-refractivity contribution in [2.75, 3.05) is 39.9 Å². The highest BCUT2D eigenvalue weighted by atomic mass is 16.5. The van der Waals surface area contributed by atoms with Crippen molar-refractivity contribution in [2.24, 2.45) is 5.92 Å². The van der Waals surface area contributed by atoms with Gasteiger partial charge in [0.05, 0.1) is 52.7 Å². The van der Waals surface area contributed by atoms with Gasteiger partial charge in [0.2, 0.25) is 11.7 Å². The van der Waals surface area contributed by atoms with Crippen LogP contribution in [0.5, 0.6) is 28.7 Å². The third kappa shape index (κ3) is 3.05. The molecule has 8 heteroatoms. The Morgan fingerprint density at radius 2 is 1.54 bits per heavy atom. The highest BCUT2D eigenvalue weighted by Gasteiger charge is 2.49. The number of carbonyl (C=O) groups excluding carboxylic acids is 1. The summed E-state index contributed by atoms with van der Waals surface area (Å²) >= 11 is 0. The van der Waals surface area contributed by atoms with Crippen LogP contribution in [-0.4, -0.2) is 51.2 Å². The van der Waals surface area contributed by atoms with Crippen LogP contribution in [0.2, 0.25) is 0 Å². The molecule has 1 fully saturated rings. The van der Waals surface area contributed by atoms with E-state index < -0.39 is 12.0 Å². The number of aliphatic hydroxyl groups is 1. The predicted molar refractivity (Wildman–Crippen MR) is 102 cm³/mol. The van der Waals surface area contributed by atoms with Gasteiger partial charge < -0.3 is 34.1 Å². The molecular weight excluding hydrogens is 366 g/mol. The van der Waals surface area contributed by atoms with Gasteiger partial charge in [0, 0.05) is 12.1 Å². The second-order valence-corrected chi connectivity index (χ2v) is 6.26. The van der Waals surface area contributed by atoms with E-state index in [1.807, 2.05) is 0 Å². The number of rotatable bonds is 7. The van der Waals surface area contributed by atoms with E-state index in [-0.39, 0.29) is 18.3 Å². The van der Waals surface area contributed by atoms with E-state index in [0.717, 1.165) is 0 Å². The molecule has 2 aromatic rings. The molecule has 0 bridgehead atoms. The molecule has 1 unspecified atom stereocenters. The van der Waals surface area contributed by atoms with Crippen LogP contribution < -0.4 is 23.8 Å². The van der Waals surface area contributed by atoms with Crippen molar-refractivity contribution in [1.82, 2.24) is 0 Å². The maximum absolute atomic E-state index is 12.7. The summed E-state index contributed by atoms with van der Waals surface area (Å²) in [6, 6.07) is 7.78. The Morgan fingerprint density at radius 3 is 2.00 bits per heavy atom. The van der Waals surface area contributed by atoms with Gasteiger partial charge in [-0.25, -0.2) is 0 Å². The molecule has 0 aromatic heterocycles. The lowest BCUT2D eigenvalue weighted by Gasteiger charge is -2.47. The Morgan fingerprint density at radius 1 is 0.929 bits per heavy atom. The Hall–Kier alpha value is -3.13. The second kappa shape index (κ2) is 7.85. The summed E-state index contributed by atoms with van der Waals surface area (Å²) < 4.78 is 21.1. The van der Waals surface area contributed by atoms with Crippen molar-refractivity contribution in [2.45, 2.75) is 6.04 Å². The molecule has 2 aromatic carbocycles. The van der Waals surface area contributed by atoms with E-state index in [9.17, 15) is 15.0 Å². The third-order valence-corrected chi connectivity index (χ3v) is 4.88. The number of phenolic OH excluding ortho intramolecular Hbond substituents is 1. The number of β-lactam (4-membered cyclic amide) rings is 1. The van der Waals surface area contributed by atoms with Gasteiger partial charge in [-0.3, -0.25) is 4.79 Å². The van der Waals surface area contributed by atoms with Crippen LogP contribution in [0.4, 0.5) is 5.69 Å². The summed E-state index contributed by atoms with van der Waals surface area (Å²) in [5, 5.41) is 19.8. The number of aliphatic hydroxyl groups excluding tert-OH is 1.